The Kier molecular flexibility index (Phi) is 4.73. The van der Waals surface area contributed by atoms with Crippen LogP contribution in [-0.4, -0.2) is 50.4 Å². The Morgan fingerprint density at radius 1 is 1.32 bits per heavy atom. The van der Waals surface area contributed by atoms with Gasteiger partial charge in [0.25, 0.3) is 0 Å². The molecule has 3 amide bonds. The Morgan fingerprint density at radius 2 is 2.12 bits per heavy atom. The maximum atomic E-state index is 14.4. The molecule has 1 atom stereocenters. The summed E-state index contributed by atoms with van der Waals surface area (Å²) in [5, 5.41) is 2.65. The van der Waals surface area contributed by atoms with Gasteiger partial charge in [-0.05, 0) is 18.2 Å². The predicted octanol–water partition coefficient (Wildman–Crippen LogP) is 1.63. The predicted molar refractivity (Wildman–Crippen MR) is 86.0 cm³/mol. The van der Waals surface area contributed by atoms with E-state index in [4.69, 9.17) is 9.47 Å². The van der Waals surface area contributed by atoms with Crippen LogP contribution in [-0.2, 0) is 14.3 Å². The molecule has 0 aromatic heterocycles. The zero-order valence-electron chi connectivity index (χ0n) is 13.7. The molecule has 0 aliphatic carbocycles. The third-order valence-corrected chi connectivity index (χ3v) is 4.02. The molecule has 3 rings (SSSR count). The maximum Gasteiger partial charge on any atom is 0.414 e. The highest BCUT2D eigenvalue weighted by molar-refractivity contribution is 5.92. The molecule has 0 radical (unpaired) electrons. The first-order valence-corrected chi connectivity index (χ1v) is 7.98. The normalized spacial score (nSPS) is 19.8. The van der Waals surface area contributed by atoms with E-state index in [0.29, 0.717) is 12.1 Å². The second-order valence-corrected chi connectivity index (χ2v) is 5.68. The van der Waals surface area contributed by atoms with Crippen LogP contribution in [0, 0.1) is 5.82 Å². The second-order valence-electron chi connectivity index (χ2n) is 5.68. The van der Waals surface area contributed by atoms with Crippen LogP contribution in [0.1, 0.15) is 13.3 Å². The minimum Gasteiger partial charge on any atom is -0.447 e. The van der Waals surface area contributed by atoms with E-state index in [9.17, 15) is 18.8 Å². The zero-order valence-corrected chi connectivity index (χ0v) is 13.7. The molecular weight excluding hydrogens is 333 g/mol. The van der Waals surface area contributed by atoms with Gasteiger partial charge < -0.3 is 14.8 Å². The molecule has 134 valence electrons. The van der Waals surface area contributed by atoms with E-state index < -0.39 is 24.1 Å². The Labute approximate surface area is 143 Å². The Bertz CT molecular complexity index is 711. The lowest BCUT2D eigenvalue weighted by Crippen LogP contribution is -2.34. The first-order chi connectivity index (χ1) is 12.0. The molecule has 9 heteroatoms. The molecule has 2 heterocycles. The van der Waals surface area contributed by atoms with E-state index >= 15 is 0 Å². The summed E-state index contributed by atoms with van der Waals surface area (Å²) in [7, 11) is 0. The molecule has 0 saturated carbocycles. The van der Waals surface area contributed by atoms with Gasteiger partial charge in [-0.2, -0.15) is 0 Å². The van der Waals surface area contributed by atoms with Crippen molar-refractivity contribution in [2.45, 2.75) is 19.4 Å². The minimum atomic E-state index is -0.633. The number of halogens is 1. The van der Waals surface area contributed by atoms with Crippen molar-refractivity contribution < 1.29 is 28.2 Å². The van der Waals surface area contributed by atoms with Crippen LogP contribution in [0.2, 0.25) is 0 Å². The van der Waals surface area contributed by atoms with Crippen LogP contribution in [0.4, 0.5) is 25.4 Å². The van der Waals surface area contributed by atoms with E-state index in [2.05, 4.69) is 5.32 Å². The summed E-state index contributed by atoms with van der Waals surface area (Å²) < 4.78 is 24.3. The summed E-state index contributed by atoms with van der Waals surface area (Å²) in [5.41, 5.74) is 0.425. The monoisotopic (exact) mass is 351 g/mol. The van der Waals surface area contributed by atoms with Crippen molar-refractivity contribution in [1.82, 2.24) is 5.32 Å². The molecule has 25 heavy (non-hydrogen) atoms. The van der Waals surface area contributed by atoms with Crippen molar-refractivity contribution in [2.75, 3.05) is 36.0 Å². The summed E-state index contributed by atoms with van der Waals surface area (Å²) in [6, 6.07) is 4.14. The van der Waals surface area contributed by atoms with Gasteiger partial charge in [0.15, 0.2) is 0 Å². The van der Waals surface area contributed by atoms with Crippen molar-refractivity contribution in [1.29, 1.82) is 0 Å². The fraction of sp³-hybridized carbons (Fsp3) is 0.438. The van der Waals surface area contributed by atoms with Crippen LogP contribution < -0.4 is 15.1 Å². The number of carbonyl (C=O) groups excluding carboxylic acids is 3. The number of hydrogen-bond donors (Lipinski definition) is 1. The number of cyclic esters (lactones) is 2. The van der Waals surface area contributed by atoms with Gasteiger partial charge in [0.1, 0.15) is 18.5 Å². The average molecular weight is 351 g/mol. The summed E-state index contributed by atoms with van der Waals surface area (Å²) >= 11 is 0. The molecule has 0 spiro atoms. The number of hydrogen-bond acceptors (Lipinski definition) is 5. The molecule has 0 unspecified atom stereocenters. The topological polar surface area (TPSA) is 88.2 Å². The SMILES string of the molecule is CCC(=O)NC[C@H]1CN(c2ccc(N3CCOC3=O)c(F)c2)C(=O)O1. The summed E-state index contributed by atoms with van der Waals surface area (Å²) in [4.78, 5) is 37.3. The lowest BCUT2D eigenvalue weighted by Gasteiger charge is -2.17. The van der Waals surface area contributed by atoms with Crippen LogP contribution in [0.5, 0.6) is 0 Å². The number of nitrogens with zero attached hydrogens (tertiary/aromatic N) is 2. The van der Waals surface area contributed by atoms with Crippen molar-refractivity contribution in [3.63, 3.8) is 0 Å². The van der Waals surface area contributed by atoms with E-state index in [1.807, 2.05) is 0 Å². The zero-order chi connectivity index (χ0) is 18.0. The third-order valence-electron chi connectivity index (χ3n) is 4.02. The van der Waals surface area contributed by atoms with Crippen LogP contribution in [0.15, 0.2) is 18.2 Å². The van der Waals surface area contributed by atoms with Crippen molar-refractivity contribution in [3.8, 4) is 0 Å². The quantitative estimate of drug-likeness (QED) is 0.871. The fourth-order valence-corrected chi connectivity index (χ4v) is 2.69. The first-order valence-electron chi connectivity index (χ1n) is 7.98. The van der Waals surface area contributed by atoms with Gasteiger partial charge in [-0.15, -0.1) is 0 Å². The highest BCUT2D eigenvalue weighted by Gasteiger charge is 2.33. The Hall–Kier alpha value is -2.84. The Morgan fingerprint density at radius 3 is 2.76 bits per heavy atom. The number of carbonyl (C=O) groups is 3. The van der Waals surface area contributed by atoms with Crippen molar-refractivity contribution in [2.24, 2.45) is 0 Å². The highest BCUT2D eigenvalue weighted by atomic mass is 19.1. The lowest BCUT2D eigenvalue weighted by molar-refractivity contribution is -0.121. The molecule has 2 fully saturated rings. The molecule has 0 bridgehead atoms. The van der Waals surface area contributed by atoms with Crippen LogP contribution >= 0.6 is 0 Å². The number of rotatable bonds is 5. The molecule has 2 aliphatic rings. The third kappa shape index (κ3) is 3.49. The van der Waals surface area contributed by atoms with E-state index in [-0.39, 0.29) is 37.8 Å². The van der Waals surface area contributed by atoms with Crippen molar-refractivity contribution in [3.05, 3.63) is 24.0 Å². The molecule has 1 aromatic carbocycles. The van der Waals surface area contributed by atoms with Gasteiger partial charge in [0.2, 0.25) is 5.91 Å². The molecule has 8 nitrogen and oxygen atoms in total. The summed E-state index contributed by atoms with van der Waals surface area (Å²) in [5.74, 6) is -0.769. The fourth-order valence-electron chi connectivity index (χ4n) is 2.69. The Balaban J connectivity index is 1.69. The summed E-state index contributed by atoms with van der Waals surface area (Å²) in [6.45, 7) is 2.62. The van der Waals surface area contributed by atoms with E-state index in [0.717, 1.165) is 0 Å². The van der Waals surface area contributed by atoms with Gasteiger partial charge in [-0.25, -0.2) is 14.0 Å². The van der Waals surface area contributed by atoms with Crippen LogP contribution in [0.25, 0.3) is 0 Å². The first kappa shape index (κ1) is 17.0. The lowest BCUT2D eigenvalue weighted by atomic mass is 10.2. The average Bonchev–Trinajstić information content (AvgIpc) is 3.18. The van der Waals surface area contributed by atoms with E-state index in [1.165, 1.54) is 28.0 Å². The molecule has 1 N–H and O–H groups in total. The van der Waals surface area contributed by atoms with Gasteiger partial charge in [0, 0.05) is 6.42 Å². The summed E-state index contributed by atoms with van der Waals surface area (Å²) in [6.07, 6.45) is -1.36. The molecular formula is C16H18FN3O5. The molecule has 2 aliphatic heterocycles. The number of anilines is 2. The maximum absolute atomic E-state index is 14.4. The largest absolute Gasteiger partial charge is 0.447 e. The number of benzene rings is 1. The van der Waals surface area contributed by atoms with E-state index in [1.54, 1.807) is 6.92 Å². The number of nitrogens with one attached hydrogen (secondary N) is 1. The standard InChI is InChI=1S/C16H18FN3O5/c1-2-14(21)18-8-11-9-20(16(23)25-11)10-3-4-13(12(17)7-10)19-5-6-24-15(19)22/h3-4,7,11H,2,5-6,8-9H2,1H3,(H,18,21)/t11-/m0/s1. The smallest absolute Gasteiger partial charge is 0.414 e. The molecule has 2 saturated heterocycles. The number of amides is 3. The van der Waals surface area contributed by atoms with Gasteiger partial charge in [-0.1, -0.05) is 6.92 Å². The molecule has 1 aromatic rings. The van der Waals surface area contributed by atoms with Gasteiger partial charge in [0.05, 0.1) is 31.0 Å². The van der Waals surface area contributed by atoms with Gasteiger partial charge in [-0.3, -0.25) is 14.6 Å². The van der Waals surface area contributed by atoms with Gasteiger partial charge >= 0.3 is 12.2 Å². The highest BCUT2D eigenvalue weighted by Crippen LogP contribution is 2.29. The number of ether oxygens (including phenoxy) is 2. The van der Waals surface area contributed by atoms with Crippen LogP contribution in [0.3, 0.4) is 0 Å². The van der Waals surface area contributed by atoms with Crippen molar-refractivity contribution >= 4 is 29.5 Å². The minimum absolute atomic E-state index is 0.102. The second kappa shape index (κ2) is 6.96.